The Labute approximate surface area is 345 Å². The average Bonchev–Trinajstić information content (AvgIpc) is 3.72. The molecular formula is C49H52N6O2S. The predicted octanol–water partition coefficient (Wildman–Crippen LogP) is 9.59. The van der Waals surface area contributed by atoms with Gasteiger partial charge >= 0.3 is 0 Å². The summed E-state index contributed by atoms with van der Waals surface area (Å²) in [5, 5.41) is 32.0. The number of nitrogens with zero attached hydrogens (tertiary/aromatic N) is 6. The zero-order valence-electron chi connectivity index (χ0n) is 33.9. The maximum absolute atomic E-state index is 11.7. The number of hydrogen-bond donors (Lipinski definition) is 2. The van der Waals surface area contributed by atoms with Crippen molar-refractivity contribution in [2.24, 2.45) is 10.9 Å². The summed E-state index contributed by atoms with van der Waals surface area (Å²) in [6.45, 7) is 11.8. The van der Waals surface area contributed by atoms with Crippen LogP contribution in [0, 0.1) is 26.7 Å². The smallest absolute Gasteiger partial charge is 0.162 e. The molecule has 9 heteroatoms. The average molecular weight is 789 g/mol. The maximum atomic E-state index is 11.7. The second kappa shape index (κ2) is 14.5. The number of thiophene rings is 1. The maximum Gasteiger partial charge on any atom is 0.162 e. The Hall–Kier alpha value is -5.25. The number of aliphatic hydroxyl groups is 1. The minimum atomic E-state index is -0.650. The van der Waals surface area contributed by atoms with Crippen LogP contribution in [0.15, 0.2) is 102 Å². The van der Waals surface area contributed by atoms with Crippen LogP contribution in [-0.4, -0.2) is 62.5 Å². The van der Waals surface area contributed by atoms with Crippen molar-refractivity contribution in [3.05, 3.63) is 153 Å². The molecule has 2 N–H and O–H groups in total. The Morgan fingerprint density at radius 3 is 2.24 bits per heavy atom. The van der Waals surface area contributed by atoms with Crippen molar-refractivity contribution in [1.82, 2.24) is 14.8 Å². The van der Waals surface area contributed by atoms with Crippen LogP contribution >= 0.6 is 11.3 Å². The van der Waals surface area contributed by atoms with Crippen molar-refractivity contribution in [2.45, 2.75) is 83.3 Å². The molecule has 0 radical (unpaired) electrons. The van der Waals surface area contributed by atoms with Gasteiger partial charge in [-0.15, -0.1) is 21.5 Å². The summed E-state index contributed by atoms with van der Waals surface area (Å²) in [7, 11) is 0. The first-order chi connectivity index (χ1) is 28.1. The lowest BCUT2D eigenvalue weighted by Gasteiger charge is -2.50. The zero-order chi connectivity index (χ0) is 39.7. The van der Waals surface area contributed by atoms with Crippen LogP contribution in [0.4, 0.5) is 11.4 Å². The summed E-state index contributed by atoms with van der Waals surface area (Å²) in [6.07, 6.45) is 5.08. The van der Waals surface area contributed by atoms with Crippen molar-refractivity contribution in [3.8, 4) is 10.8 Å². The topological polar surface area (TPSA) is 90.0 Å². The van der Waals surface area contributed by atoms with E-state index >= 15 is 0 Å². The number of aromatic hydroxyl groups is 1. The number of aryl methyl sites for hydroxylation is 3. The molecule has 58 heavy (non-hydrogen) atoms. The first kappa shape index (κ1) is 37.0. The highest BCUT2D eigenvalue weighted by Gasteiger charge is 2.43. The Balaban J connectivity index is 0.770. The molecule has 2 fully saturated rings. The zero-order valence-corrected chi connectivity index (χ0v) is 34.7. The van der Waals surface area contributed by atoms with Gasteiger partial charge in [-0.1, -0.05) is 60.7 Å². The lowest BCUT2D eigenvalue weighted by molar-refractivity contribution is -0.0133. The van der Waals surface area contributed by atoms with Crippen LogP contribution < -0.4 is 9.80 Å². The van der Waals surface area contributed by atoms with Gasteiger partial charge in [-0.05, 0) is 136 Å². The van der Waals surface area contributed by atoms with E-state index < -0.39 is 5.60 Å². The summed E-state index contributed by atoms with van der Waals surface area (Å²) in [4.78, 5) is 11.3. The molecular weight excluding hydrogens is 737 g/mol. The molecule has 4 aliphatic rings. The molecule has 1 aliphatic carbocycles. The second-order valence-electron chi connectivity index (χ2n) is 17.3. The number of rotatable bonds is 7. The van der Waals surface area contributed by atoms with E-state index in [1.165, 1.54) is 43.9 Å². The van der Waals surface area contributed by atoms with Crippen molar-refractivity contribution in [1.29, 1.82) is 0 Å². The minimum absolute atomic E-state index is 0.108. The van der Waals surface area contributed by atoms with Crippen LogP contribution in [-0.2, 0) is 6.42 Å². The third-order valence-corrected chi connectivity index (χ3v) is 14.7. The number of aliphatic imine (C=N–C) groups is 1. The van der Waals surface area contributed by atoms with Crippen LogP contribution in [0.2, 0.25) is 0 Å². The number of piperidine rings is 1. The van der Waals surface area contributed by atoms with Crippen molar-refractivity contribution in [2.75, 3.05) is 36.0 Å². The van der Waals surface area contributed by atoms with Crippen LogP contribution in [0.5, 0.6) is 5.75 Å². The van der Waals surface area contributed by atoms with Gasteiger partial charge in [0, 0.05) is 59.5 Å². The van der Waals surface area contributed by atoms with Gasteiger partial charge in [-0.3, -0.25) is 9.56 Å². The van der Waals surface area contributed by atoms with E-state index in [-0.39, 0.29) is 12.0 Å². The highest BCUT2D eigenvalue weighted by Crippen LogP contribution is 2.47. The van der Waals surface area contributed by atoms with Crippen molar-refractivity contribution >= 4 is 28.4 Å². The fourth-order valence-electron chi connectivity index (χ4n) is 10.4. The summed E-state index contributed by atoms with van der Waals surface area (Å²) in [5.74, 6) is 3.29. The van der Waals surface area contributed by atoms with Gasteiger partial charge in [0.15, 0.2) is 5.82 Å². The standard InChI is InChI=1S/C49H52N6O2S/c1-30-32(3)58-48-44(30)46(50-31(2)47-52-51-33(4)55(47)48)37-12-17-40(18-13-37)54-28-49(57,29-54)27-34-22-24-53(25-23-34)39-15-10-36(11-16-39)45-42(35-8-6-5-7-9-35)20-14-38-26-41(56)19-21-43(38)45/h5-13,15-19,21,26,31,34,42,45,56-57H,14,20,22-25,27-29H2,1-4H3/t31-,42+,45-/m0/s1. The van der Waals surface area contributed by atoms with Crippen molar-refractivity contribution in [3.63, 3.8) is 0 Å². The van der Waals surface area contributed by atoms with E-state index in [4.69, 9.17) is 4.99 Å². The molecule has 2 aromatic heterocycles. The molecule has 10 rings (SSSR count). The molecule has 4 aromatic carbocycles. The fourth-order valence-corrected chi connectivity index (χ4v) is 11.6. The normalized spacial score (nSPS) is 21.4. The van der Waals surface area contributed by atoms with Gasteiger partial charge in [-0.25, -0.2) is 0 Å². The first-order valence-electron chi connectivity index (χ1n) is 21.0. The van der Waals surface area contributed by atoms with Gasteiger partial charge in [0.2, 0.25) is 0 Å². The number of phenols is 1. The SMILES string of the molecule is Cc1sc2c(c1C)C(c1ccc(N3CC(O)(CC4CCN(c5ccc([C@@H]6c7ccc(O)cc7CC[C@@H]6c6ccccc6)cc5)CC4)C3)cc1)=N[C@@H](C)c1nnc(C)n1-2. The van der Waals surface area contributed by atoms with Gasteiger partial charge in [0.25, 0.3) is 0 Å². The number of phenolic OH excluding ortho intramolecular Hbond substituents is 1. The van der Waals surface area contributed by atoms with Gasteiger partial charge in [0.1, 0.15) is 22.6 Å². The molecule has 8 nitrogen and oxygen atoms in total. The number of fused-ring (bicyclic) bond motifs is 4. The monoisotopic (exact) mass is 788 g/mol. The number of β-amino-alcohol motifs (C(OH)–C–C–N with tert-alkyl or cyclic N) is 1. The molecule has 0 bridgehead atoms. The van der Waals surface area contributed by atoms with Crippen LogP contribution in [0.25, 0.3) is 5.00 Å². The van der Waals surface area contributed by atoms with Crippen molar-refractivity contribution < 1.29 is 10.2 Å². The van der Waals surface area contributed by atoms with E-state index in [9.17, 15) is 10.2 Å². The summed E-state index contributed by atoms with van der Waals surface area (Å²) in [5.41, 5.74) is 11.6. The molecule has 5 heterocycles. The van der Waals surface area contributed by atoms with Gasteiger partial charge in [0.05, 0.1) is 11.3 Å². The van der Waals surface area contributed by atoms with E-state index in [2.05, 4.69) is 130 Å². The Kier molecular flexibility index (Phi) is 9.29. The van der Waals surface area contributed by atoms with Gasteiger partial charge < -0.3 is 20.0 Å². The fraction of sp³-hybridized carbons (Fsp3) is 0.367. The summed E-state index contributed by atoms with van der Waals surface area (Å²) >= 11 is 1.79. The van der Waals surface area contributed by atoms with E-state index in [0.717, 1.165) is 78.8 Å². The summed E-state index contributed by atoms with van der Waals surface area (Å²) < 4.78 is 2.18. The van der Waals surface area contributed by atoms with E-state index in [0.29, 0.717) is 30.7 Å². The molecule has 6 aromatic rings. The summed E-state index contributed by atoms with van der Waals surface area (Å²) in [6, 6.07) is 34.8. The Morgan fingerprint density at radius 1 is 0.793 bits per heavy atom. The lowest BCUT2D eigenvalue weighted by Crippen LogP contribution is -2.63. The Morgan fingerprint density at radius 2 is 1.50 bits per heavy atom. The molecule has 0 saturated carbocycles. The number of aromatic nitrogens is 3. The lowest BCUT2D eigenvalue weighted by atomic mass is 9.69. The molecule has 0 unspecified atom stereocenters. The molecule has 3 atom stereocenters. The first-order valence-corrected chi connectivity index (χ1v) is 21.8. The number of anilines is 2. The highest BCUT2D eigenvalue weighted by molar-refractivity contribution is 7.15. The second-order valence-corrected chi connectivity index (χ2v) is 18.5. The molecule has 0 amide bonds. The molecule has 296 valence electrons. The largest absolute Gasteiger partial charge is 0.508 e. The molecule has 2 saturated heterocycles. The minimum Gasteiger partial charge on any atom is -0.508 e. The third-order valence-electron chi connectivity index (χ3n) is 13.5. The quantitative estimate of drug-likeness (QED) is 0.168. The molecule has 0 spiro atoms. The highest BCUT2D eigenvalue weighted by atomic mass is 32.1. The predicted molar refractivity (Wildman–Crippen MR) is 235 cm³/mol. The number of hydrogen-bond acceptors (Lipinski definition) is 8. The van der Waals surface area contributed by atoms with E-state index in [1.54, 1.807) is 11.3 Å². The van der Waals surface area contributed by atoms with Crippen LogP contribution in [0.3, 0.4) is 0 Å². The third kappa shape index (κ3) is 6.52. The Bertz CT molecular complexity index is 2490. The molecule has 3 aliphatic heterocycles. The van der Waals surface area contributed by atoms with E-state index in [1.807, 2.05) is 19.1 Å². The van der Waals surface area contributed by atoms with Crippen LogP contribution in [0.1, 0.15) is 106 Å². The van der Waals surface area contributed by atoms with Gasteiger partial charge in [-0.2, -0.15) is 0 Å². The number of benzene rings is 4.